The first-order chi connectivity index (χ1) is 14.0. The van der Waals surface area contributed by atoms with Crippen molar-refractivity contribution in [2.24, 2.45) is 0 Å². The summed E-state index contributed by atoms with van der Waals surface area (Å²) in [5.74, 6) is 0.0787. The third-order valence-electron chi connectivity index (χ3n) is 5.07. The first kappa shape index (κ1) is 19.3. The number of carbonyl (C=O) groups excluding carboxylic acids is 1. The van der Waals surface area contributed by atoms with Crippen molar-refractivity contribution in [1.82, 2.24) is 0 Å². The number of carbonyl (C=O) groups is 1. The fourth-order valence-electron chi connectivity index (χ4n) is 3.68. The molecule has 29 heavy (non-hydrogen) atoms. The Morgan fingerprint density at radius 2 is 1.83 bits per heavy atom. The van der Waals surface area contributed by atoms with Gasteiger partial charge in [0.2, 0.25) is 0 Å². The maximum absolute atomic E-state index is 12.6. The second kappa shape index (κ2) is 7.79. The molecule has 0 spiro atoms. The number of benzene rings is 2. The first-order valence-electron chi connectivity index (χ1n) is 9.17. The summed E-state index contributed by atoms with van der Waals surface area (Å²) in [6, 6.07) is 8.25. The smallest absolute Gasteiger partial charge is 0.338 e. The highest BCUT2D eigenvalue weighted by molar-refractivity contribution is 6.32. The minimum atomic E-state index is -0.588. The molecule has 6 nitrogen and oxygen atoms in total. The van der Waals surface area contributed by atoms with Crippen LogP contribution in [0.15, 0.2) is 39.5 Å². The van der Waals surface area contributed by atoms with Gasteiger partial charge in [0.15, 0.2) is 11.5 Å². The molecule has 1 heterocycles. The van der Waals surface area contributed by atoms with Gasteiger partial charge >= 0.3 is 11.6 Å². The number of aryl methyl sites for hydroxylation is 2. The van der Waals surface area contributed by atoms with E-state index in [0.717, 1.165) is 24.6 Å². The molecule has 0 atom stereocenters. The van der Waals surface area contributed by atoms with Crippen LogP contribution in [0.2, 0.25) is 5.02 Å². The van der Waals surface area contributed by atoms with Crippen molar-refractivity contribution in [3.05, 3.63) is 68.0 Å². The Morgan fingerprint density at radius 3 is 2.55 bits per heavy atom. The van der Waals surface area contributed by atoms with Crippen LogP contribution in [-0.2, 0) is 24.2 Å². The lowest BCUT2D eigenvalue weighted by Gasteiger charge is -2.12. The zero-order chi connectivity index (χ0) is 20.5. The second-order valence-electron chi connectivity index (χ2n) is 6.83. The van der Waals surface area contributed by atoms with Gasteiger partial charge in [0.05, 0.1) is 24.8 Å². The van der Waals surface area contributed by atoms with Gasteiger partial charge < -0.3 is 18.6 Å². The summed E-state index contributed by atoms with van der Waals surface area (Å²) in [6.45, 7) is -0.0638. The van der Waals surface area contributed by atoms with Gasteiger partial charge in [-0.2, -0.15) is 0 Å². The van der Waals surface area contributed by atoms with Gasteiger partial charge in [0, 0.05) is 17.0 Å². The monoisotopic (exact) mass is 414 g/mol. The van der Waals surface area contributed by atoms with Crippen LogP contribution in [0, 0.1) is 0 Å². The van der Waals surface area contributed by atoms with E-state index in [1.54, 1.807) is 0 Å². The van der Waals surface area contributed by atoms with Crippen molar-refractivity contribution >= 4 is 28.5 Å². The third-order valence-corrected chi connectivity index (χ3v) is 5.35. The standard InChI is InChI=1S/C22H19ClO6/c1-26-19-9-14(7-17(23)21(19)27-2)22(25)28-11-15-10-20(24)29-18-8-13-5-3-4-12(13)6-16(15)18/h6-10H,3-5,11H2,1-2H3. The number of fused-ring (bicyclic) bond motifs is 2. The van der Waals surface area contributed by atoms with Gasteiger partial charge in [-0.05, 0) is 54.7 Å². The highest BCUT2D eigenvalue weighted by atomic mass is 35.5. The Hall–Kier alpha value is -2.99. The third kappa shape index (κ3) is 3.68. The lowest BCUT2D eigenvalue weighted by molar-refractivity contribution is 0.0473. The van der Waals surface area contributed by atoms with E-state index in [1.165, 1.54) is 43.5 Å². The number of rotatable bonds is 5. The van der Waals surface area contributed by atoms with Gasteiger partial charge in [0.25, 0.3) is 0 Å². The molecule has 0 aliphatic heterocycles. The number of halogens is 1. The number of esters is 1. The molecule has 1 aliphatic rings. The van der Waals surface area contributed by atoms with Crippen LogP contribution in [0.5, 0.6) is 11.5 Å². The zero-order valence-electron chi connectivity index (χ0n) is 16.0. The van der Waals surface area contributed by atoms with Crippen LogP contribution in [0.4, 0.5) is 0 Å². The van der Waals surface area contributed by atoms with E-state index in [4.69, 9.17) is 30.2 Å². The van der Waals surface area contributed by atoms with E-state index in [9.17, 15) is 9.59 Å². The van der Waals surface area contributed by atoms with E-state index in [1.807, 2.05) is 12.1 Å². The van der Waals surface area contributed by atoms with Crippen LogP contribution in [0.1, 0.15) is 33.5 Å². The van der Waals surface area contributed by atoms with Crippen molar-refractivity contribution in [3.8, 4) is 11.5 Å². The quantitative estimate of drug-likeness (QED) is 0.457. The second-order valence-corrected chi connectivity index (χ2v) is 7.24. The normalized spacial score (nSPS) is 12.7. The molecular weight excluding hydrogens is 396 g/mol. The van der Waals surface area contributed by atoms with Gasteiger partial charge in [-0.1, -0.05) is 11.6 Å². The highest BCUT2D eigenvalue weighted by Crippen LogP contribution is 2.36. The number of hydrogen-bond donors (Lipinski definition) is 0. The minimum absolute atomic E-state index is 0.0638. The average Bonchev–Trinajstić information content (AvgIpc) is 3.16. The van der Waals surface area contributed by atoms with Crippen LogP contribution in [0.3, 0.4) is 0 Å². The van der Waals surface area contributed by atoms with E-state index in [2.05, 4.69) is 0 Å². The highest BCUT2D eigenvalue weighted by Gasteiger charge is 2.18. The Labute approximate surface area is 171 Å². The first-order valence-corrected chi connectivity index (χ1v) is 9.55. The Kier molecular flexibility index (Phi) is 5.20. The van der Waals surface area contributed by atoms with Crippen molar-refractivity contribution < 1.29 is 23.4 Å². The minimum Gasteiger partial charge on any atom is -0.493 e. The zero-order valence-corrected chi connectivity index (χ0v) is 16.8. The molecule has 7 heteroatoms. The lowest BCUT2D eigenvalue weighted by atomic mass is 10.0. The molecule has 2 aromatic carbocycles. The molecule has 1 aromatic heterocycles. The maximum atomic E-state index is 12.6. The van der Waals surface area contributed by atoms with Gasteiger partial charge in [0.1, 0.15) is 12.2 Å². The van der Waals surface area contributed by atoms with E-state index >= 15 is 0 Å². The summed E-state index contributed by atoms with van der Waals surface area (Å²) >= 11 is 6.16. The van der Waals surface area contributed by atoms with Crippen molar-refractivity contribution in [2.75, 3.05) is 14.2 Å². The molecule has 0 bridgehead atoms. The van der Waals surface area contributed by atoms with Crippen LogP contribution >= 0.6 is 11.6 Å². The summed E-state index contributed by atoms with van der Waals surface area (Å²) in [7, 11) is 2.92. The summed E-state index contributed by atoms with van der Waals surface area (Å²) in [4.78, 5) is 24.5. The summed E-state index contributed by atoms with van der Waals surface area (Å²) in [6.07, 6.45) is 3.06. The fourth-order valence-corrected chi connectivity index (χ4v) is 3.96. The average molecular weight is 415 g/mol. The Balaban J connectivity index is 1.62. The van der Waals surface area contributed by atoms with Gasteiger partial charge in [-0.3, -0.25) is 0 Å². The number of ether oxygens (including phenoxy) is 3. The SMILES string of the molecule is COc1cc(C(=O)OCc2cc(=O)oc3cc4c(cc23)CCC4)cc(Cl)c1OC. The Morgan fingerprint density at radius 1 is 1.07 bits per heavy atom. The molecule has 1 aliphatic carbocycles. The van der Waals surface area contributed by atoms with Crippen molar-refractivity contribution in [3.63, 3.8) is 0 Å². The predicted molar refractivity (Wildman–Crippen MR) is 108 cm³/mol. The van der Waals surface area contributed by atoms with E-state index in [0.29, 0.717) is 22.6 Å². The van der Waals surface area contributed by atoms with Gasteiger partial charge in [-0.25, -0.2) is 9.59 Å². The fraction of sp³-hybridized carbons (Fsp3) is 0.273. The summed E-state index contributed by atoms with van der Waals surface area (Å²) < 4.78 is 21.2. The van der Waals surface area contributed by atoms with Crippen LogP contribution < -0.4 is 15.1 Å². The Bertz CT molecular complexity index is 1160. The molecule has 0 fully saturated rings. The molecule has 0 radical (unpaired) electrons. The van der Waals surface area contributed by atoms with Gasteiger partial charge in [-0.15, -0.1) is 0 Å². The van der Waals surface area contributed by atoms with E-state index in [-0.39, 0.29) is 17.2 Å². The number of hydrogen-bond acceptors (Lipinski definition) is 6. The molecule has 0 amide bonds. The molecule has 4 rings (SSSR count). The summed E-state index contributed by atoms with van der Waals surface area (Å²) in [5, 5.41) is 1.02. The van der Waals surface area contributed by atoms with Crippen molar-refractivity contribution in [1.29, 1.82) is 0 Å². The maximum Gasteiger partial charge on any atom is 0.338 e. The molecule has 0 saturated heterocycles. The number of methoxy groups -OCH3 is 2. The molecule has 0 saturated carbocycles. The molecule has 0 N–H and O–H groups in total. The molecular formula is C22H19ClO6. The summed E-state index contributed by atoms with van der Waals surface area (Å²) in [5.41, 5.74) is 3.31. The van der Waals surface area contributed by atoms with Crippen molar-refractivity contribution in [2.45, 2.75) is 25.9 Å². The van der Waals surface area contributed by atoms with E-state index < -0.39 is 11.6 Å². The van der Waals surface area contributed by atoms with Crippen LogP contribution in [0.25, 0.3) is 11.0 Å². The molecule has 0 unspecified atom stereocenters. The predicted octanol–water partition coefficient (Wildman–Crippen LogP) is 4.31. The van der Waals surface area contributed by atoms with Crippen LogP contribution in [-0.4, -0.2) is 20.2 Å². The lowest BCUT2D eigenvalue weighted by Crippen LogP contribution is -2.09. The largest absolute Gasteiger partial charge is 0.493 e. The molecule has 150 valence electrons. The molecule has 3 aromatic rings. The topological polar surface area (TPSA) is 75.0 Å².